The Labute approximate surface area is 104 Å². The molecule has 1 aromatic carbocycles. The van der Waals surface area contributed by atoms with E-state index < -0.39 is 10.1 Å². The van der Waals surface area contributed by atoms with Gasteiger partial charge in [0.1, 0.15) is 0 Å². The molecule has 0 aliphatic carbocycles. The van der Waals surface area contributed by atoms with Crippen LogP contribution < -0.4 is 5.00 Å². The second kappa shape index (κ2) is 5.98. The zero-order chi connectivity index (χ0) is 9.03. The van der Waals surface area contributed by atoms with E-state index in [-0.39, 0.29) is 34.5 Å². The van der Waals surface area contributed by atoms with E-state index in [0.29, 0.717) is 0 Å². The first kappa shape index (κ1) is 13.4. The van der Waals surface area contributed by atoms with Crippen molar-refractivity contribution in [2.45, 2.75) is 4.90 Å². The van der Waals surface area contributed by atoms with Gasteiger partial charge in [-0.15, -0.1) is 0 Å². The maximum absolute atomic E-state index is 11.1. The maximum atomic E-state index is 11.1. The molecule has 1 aromatic rings. The van der Waals surface area contributed by atoms with E-state index in [0.717, 1.165) is 0 Å². The summed E-state index contributed by atoms with van der Waals surface area (Å²) in [6, 6.07) is 7.69. The third-order valence-corrected chi connectivity index (χ3v) is 2.49. The van der Waals surface area contributed by atoms with Crippen LogP contribution in [0.3, 0.4) is 0 Å². The minimum atomic E-state index is -3.75. The van der Waals surface area contributed by atoms with Gasteiger partial charge in [-0.05, 0) is 12.1 Å². The summed E-state index contributed by atoms with van der Waals surface area (Å²) >= 11 is 4.88. The summed E-state index contributed by atoms with van der Waals surface area (Å²) in [5.41, 5.74) is 0. The van der Waals surface area contributed by atoms with Crippen molar-refractivity contribution in [3.63, 3.8) is 0 Å². The van der Waals surface area contributed by atoms with E-state index in [1.165, 1.54) is 12.1 Å². The monoisotopic (exact) mass is 230 g/mol. The van der Waals surface area contributed by atoms with E-state index in [2.05, 4.69) is 4.28 Å². The Morgan fingerprint density at radius 1 is 1.23 bits per heavy atom. The second-order valence-electron chi connectivity index (χ2n) is 1.93. The van der Waals surface area contributed by atoms with Crippen molar-refractivity contribution < 1.29 is 12.7 Å². The van der Waals surface area contributed by atoms with E-state index in [1.54, 1.807) is 23.2 Å². The van der Waals surface area contributed by atoms with Crippen molar-refractivity contribution in [3.8, 4) is 0 Å². The molecular formula is C6H6ClNNaO3S. The molecular weight excluding hydrogens is 225 g/mol. The fourth-order valence-corrected chi connectivity index (χ4v) is 1.60. The van der Waals surface area contributed by atoms with Crippen LogP contribution >= 0.6 is 11.8 Å². The smallest absolute Gasteiger partial charge is 0.192 e. The number of nitrogens with one attached hydrogen (secondary N) is 1. The van der Waals surface area contributed by atoms with Gasteiger partial charge in [0.25, 0.3) is 0 Å². The molecule has 1 N–H and O–H groups in total. The van der Waals surface area contributed by atoms with E-state index >= 15 is 0 Å². The summed E-state index contributed by atoms with van der Waals surface area (Å²) in [6.45, 7) is 0. The third-order valence-electron chi connectivity index (χ3n) is 1.17. The third kappa shape index (κ3) is 3.95. The molecule has 13 heavy (non-hydrogen) atoms. The molecule has 0 saturated heterocycles. The number of hydrogen-bond donors (Lipinski definition) is 1. The Kier molecular flexibility index (Phi) is 6.15. The number of benzene rings is 1. The molecule has 0 heterocycles. The Morgan fingerprint density at radius 2 is 1.77 bits per heavy atom. The van der Waals surface area contributed by atoms with Crippen molar-refractivity contribution in [1.82, 2.24) is 5.00 Å². The first-order valence-electron chi connectivity index (χ1n) is 3.01. The molecule has 0 aliphatic heterocycles. The molecule has 0 aliphatic rings. The Bertz CT molecular complexity index is 342. The number of rotatable bonds is 3. The van der Waals surface area contributed by atoms with Crippen LogP contribution in [0.4, 0.5) is 0 Å². The number of hydrogen-bond acceptors (Lipinski definition) is 4. The molecule has 0 aromatic heterocycles. The molecule has 0 bridgehead atoms. The van der Waals surface area contributed by atoms with Gasteiger partial charge in [-0.25, -0.2) is 0 Å². The van der Waals surface area contributed by atoms with Crippen LogP contribution in [0, 0.1) is 0 Å². The predicted molar refractivity (Wildman–Crippen MR) is 49.5 cm³/mol. The SMILES string of the molecule is O=S(=O)(ONCl)c1ccccc1.[Na]. The van der Waals surface area contributed by atoms with Crippen molar-refractivity contribution in [2.75, 3.05) is 0 Å². The van der Waals surface area contributed by atoms with Gasteiger partial charge in [0.15, 0.2) is 0 Å². The van der Waals surface area contributed by atoms with Gasteiger partial charge in [-0.1, -0.05) is 23.2 Å². The minimum absolute atomic E-state index is 0. The van der Waals surface area contributed by atoms with Crippen LogP contribution in [0.1, 0.15) is 0 Å². The standard InChI is InChI=1S/C6H6ClNO3S.Na/c7-8-11-12(9,10)6-4-2-1-3-5-6;/h1-5,8H;. The van der Waals surface area contributed by atoms with Crippen LogP contribution in [-0.4, -0.2) is 38.0 Å². The molecule has 0 spiro atoms. The normalized spacial score (nSPS) is 10.5. The van der Waals surface area contributed by atoms with Gasteiger partial charge in [-0.3, -0.25) is 0 Å². The van der Waals surface area contributed by atoms with Crippen molar-refractivity contribution >= 4 is 51.5 Å². The maximum Gasteiger partial charge on any atom is 0.313 e. The molecule has 1 rings (SSSR count). The summed E-state index contributed by atoms with van der Waals surface area (Å²) in [5.74, 6) is 0. The molecule has 0 atom stereocenters. The van der Waals surface area contributed by atoms with Gasteiger partial charge in [-0.2, -0.15) is 12.7 Å². The molecule has 0 amide bonds. The van der Waals surface area contributed by atoms with Gasteiger partial charge < -0.3 is 0 Å². The minimum Gasteiger partial charge on any atom is -0.192 e. The quantitative estimate of drug-likeness (QED) is 0.471. The Hall–Kier alpha value is 0.380. The first-order valence-corrected chi connectivity index (χ1v) is 4.79. The van der Waals surface area contributed by atoms with Crippen LogP contribution in [0.5, 0.6) is 0 Å². The zero-order valence-corrected chi connectivity index (χ0v) is 10.5. The topological polar surface area (TPSA) is 55.4 Å². The fraction of sp³-hybridized carbons (Fsp3) is 0. The van der Waals surface area contributed by atoms with Gasteiger partial charge in [0.2, 0.25) is 0 Å². The van der Waals surface area contributed by atoms with Gasteiger partial charge in [0, 0.05) is 41.3 Å². The molecule has 4 nitrogen and oxygen atoms in total. The Balaban J connectivity index is 0.00000144. The molecule has 1 radical (unpaired) electrons. The van der Waals surface area contributed by atoms with Crippen LogP contribution in [0.15, 0.2) is 35.2 Å². The summed E-state index contributed by atoms with van der Waals surface area (Å²) < 4.78 is 26.2. The summed E-state index contributed by atoms with van der Waals surface area (Å²) in [4.78, 5) is 1.64. The van der Waals surface area contributed by atoms with Crippen molar-refractivity contribution in [1.29, 1.82) is 0 Å². The van der Waals surface area contributed by atoms with E-state index in [1.807, 2.05) is 0 Å². The average Bonchev–Trinajstić information content (AvgIpc) is 2.06. The van der Waals surface area contributed by atoms with Crippen LogP contribution in [-0.2, 0) is 14.4 Å². The van der Waals surface area contributed by atoms with Crippen molar-refractivity contribution in [3.05, 3.63) is 30.3 Å². The van der Waals surface area contributed by atoms with Gasteiger partial charge >= 0.3 is 10.1 Å². The van der Waals surface area contributed by atoms with E-state index in [4.69, 9.17) is 11.8 Å². The van der Waals surface area contributed by atoms with Crippen LogP contribution in [0.2, 0.25) is 0 Å². The fourth-order valence-electron chi connectivity index (χ4n) is 0.677. The zero-order valence-electron chi connectivity index (χ0n) is 6.90. The second-order valence-corrected chi connectivity index (χ2v) is 3.63. The van der Waals surface area contributed by atoms with E-state index in [9.17, 15) is 8.42 Å². The summed E-state index contributed by atoms with van der Waals surface area (Å²) in [6.07, 6.45) is 0. The molecule has 0 unspecified atom stereocenters. The molecule has 0 saturated carbocycles. The largest absolute Gasteiger partial charge is 0.313 e. The summed E-state index contributed by atoms with van der Waals surface area (Å²) in [5, 5.41) is 0. The predicted octanol–water partition coefficient (Wildman–Crippen LogP) is 0.670. The molecule has 67 valence electrons. The van der Waals surface area contributed by atoms with Crippen LogP contribution in [0.25, 0.3) is 0 Å². The van der Waals surface area contributed by atoms with Crippen molar-refractivity contribution in [2.24, 2.45) is 0 Å². The number of halogens is 1. The Morgan fingerprint density at radius 3 is 2.23 bits per heavy atom. The summed E-state index contributed by atoms with van der Waals surface area (Å²) in [7, 11) is -3.75. The average molecular weight is 231 g/mol. The van der Waals surface area contributed by atoms with Gasteiger partial charge in [0.05, 0.1) is 4.90 Å². The molecule has 0 fully saturated rings. The first-order chi connectivity index (χ1) is 5.67. The molecule has 7 heteroatoms.